The van der Waals surface area contributed by atoms with E-state index in [1.165, 1.54) is 4.90 Å². The normalized spacial score (nSPS) is 23.9. The molecule has 4 rings (SSSR count). The Morgan fingerprint density at radius 1 is 1.32 bits per heavy atom. The third kappa shape index (κ3) is 3.80. The molecule has 1 aromatic rings. The zero-order valence-electron chi connectivity index (χ0n) is 18.5. The molecule has 8 heteroatoms. The molecule has 8 nitrogen and oxygen atoms in total. The summed E-state index contributed by atoms with van der Waals surface area (Å²) in [7, 11) is 1.65. The molecule has 4 amide bonds. The molecule has 3 heterocycles. The van der Waals surface area contributed by atoms with E-state index in [4.69, 9.17) is 4.74 Å². The van der Waals surface area contributed by atoms with Crippen LogP contribution in [0.1, 0.15) is 43.9 Å². The second-order valence-electron chi connectivity index (χ2n) is 9.01. The highest BCUT2D eigenvalue weighted by atomic mass is 16.5. The first-order valence-corrected chi connectivity index (χ1v) is 10.8. The van der Waals surface area contributed by atoms with E-state index in [0.717, 1.165) is 30.6 Å². The Morgan fingerprint density at radius 3 is 2.77 bits per heavy atom. The molecule has 166 valence electrons. The monoisotopic (exact) mass is 426 g/mol. The minimum absolute atomic E-state index is 0.0269. The predicted molar refractivity (Wildman–Crippen MR) is 115 cm³/mol. The number of nitrogens with one attached hydrogen (secondary N) is 2. The van der Waals surface area contributed by atoms with Gasteiger partial charge in [-0.2, -0.15) is 0 Å². The van der Waals surface area contributed by atoms with E-state index in [9.17, 15) is 14.4 Å². The van der Waals surface area contributed by atoms with Crippen molar-refractivity contribution in [2.45, 2.75) is 51.3 Å². The number of hydrogen-bond donors (Lipinski definition) is 2. The number of carbonyl (C=O) groups is 3. The largest absolute Gasteiger partial charge is 0.376 e. The fourth-order valence-corrected chi connectivity index (χ4v) is 4.47. The van der Waals surface area contributed by atoms with Gasteiger partial charge in [0.25, 0.3) is 5.91 Å². The molecule has 0 unspecified atom stereocenters. The number of hydrogen-bond acceptors (Lipinski definition) is 4. The molecule has 31 heavy (non-hydrogen) atoms. The fraction of sp³-hybridized carbons (Fsp3) is 0.522. The highest BCUT2D eigenvalue weighted by Gasteiger charge is 2.49. The minimum Gasteiger partial charge on any atom is -0.376 e. The Kier molecular flexibility index (Phi) is 5.51. The van der Waals surface area contributed by atoms with Gasteiger partial charge in [-0.1, -0.05) is 29.8 Å². The lowest BCUT2D eigenvalue weighted by atomic mass is 9.94. The van der Waals surface area contributed by atoms with Gasteiger partial charge in [-0.15, -0.1) is 0 Å². The van der Waals surface area contributed by atoms with Crippen LogP contribution in [0.5, 0.6) is 0 Å². The Labute approximate surface area is 182 Å². The van der Waals surface area contributed by atoms with Crippen LogP contribution in [0, 0.1) is 6.92 Å². The Bertz CT molecular complexity index is 949. The summed E-state index contributed by atoms with van der Waals surface area (Å²) in [6, 6.07) is 6.96. The van der Waals surface area contributed by atoms with Crippen LogP contribution in [-0.4, -0.2) is 66.0 Å². The van der Waals surface area contributed by atoms with E-state index in [1.807, 2.05) is 31.2 Å². The van der Waals surface area contributed by atoms with Crippen LogP contribution in [0.4, 0.5) is 4.79 Å². The lowest BCUT2D eigenvalue weighted by molar-refractivity contribution is -0.142. The predicted octanol–water partition coefficient (Wildman–Crippen LogP) is 1.86. The number of urea groups is 1. The third-order valence-corrected chi connectivity index (χ3v) is 6.48. The molecule has 2 atom stereocenters. The van der Waals surface area contributed by atoms with Gasteiger partial charge in [0, 0.05) is 20.2 Å². The molecule has 1 aromatic carbocycles. The fourth-order valence-electron chi connectivity index (χ4n) is 4.47. The molecule has 0 spiro atoms. The van der Waals surface area contributed by atoms with Crippen molar-refractivity contribution >= 4 is 17.8 Å². The number of carbonyl (C=O) groups excluding carboxylic acids is 3. The molecule has 0 aromatic heterocycles. The average molecular weight is 427 g/mol. The topological polar surface area (TPSA) is 91.0 Å². The molecule has 2 N–H and O–H groups in total. The van der Waals surface area contributed by atoms with Crippen LogP contribution in [0.25, 0.3) is 0 Å². The number of amides is 4. The summed E-state index contributed by atoms with van der Waals surface area (Å²) in [6.45, 7) is 6.82. The maximum absolute atomic E-state index is 13.6. The van der Waals surface area contributed by atoms with Crippen LogP contribution in [0.15, 0.2) is 35.5 Å². The van der Waals surface area contributed by atoms with Gasteiger partial charge < -0.3 is 20.3 Å². The highest BCUT2D eigenvalue weighted by Crippen LogP contribution is 2.38. The molecule has 3 aliphatic rings. The average Bonchev–Trinajstić information content (AvgIpc) is 3.37. The molecule has 0 saturated carbocycles. The molecule has 0 bridgehead atoms. The first-order chi connectivity index (χ1) is 14.7. The van der Waals surface area contributed by atoms with Gasteiger partial charge in [0.05, 0.1) is 30.0 Å². The van der Waals surface area contributed by atoms with Crippen LogP contribution in [0.3, 0.4) is 0 Å². The molecular formula is C23H30N4O4. The van der Waals surface area contributed by atoms with Gasteiger partial charge in [-0.05, 0) is 39.2 Å². The van der Waals surface area contributed by atoms with E-state index < -0.39 is 11.6 Å². The quantitative estimate of drug-likeness (QED) is 0.752. The Hall–Kier alpha value is -2.87. The van der Waals surface area contributed by atoms with Gasteiger partial charge in [-0.3, -0.25) is 14.5 Å². The van der Waals surface area contributed by atoms with Crippen LogP contribution >= 0.6 is 0 Å². The molecule has 0 radical (unpaired) electrons. The van der Waals surface area contributed by atoms with Gasteiger partial charge in [0.2, 0.25) is 5.91 Å². The van der Waals surface area contributed by atoms with Crippen molar-refractivity contribution < 1.29 is 19.1 Å². The van der Waals surface area contributed by atoms with Crippen LogP contribution < -0.4 is 10.6 Å². The van der Waals surface area contributed by atoms with Crippen molar-refractivity contribution in [2.24, 2.45) is 0 Å². The molecule has 1 fully saturated rings. The first kappa shape index (κ1) is 21.4. The standard InChI is InChI=1S/C23H30N4O4/c1-14-7-5-8-15(11-14)19-18-17(26(4)22(30)25-19)13-27(20(18)28)23(2,3)21(29)24-12-16-9-6-10-31-16/h5,7-8,11,16,19H,6,9-10,12-13H2,1-4H3,(H,24,29)(H,25,30)/t16-,19+/m1/s1. The Balaban J connectivity index is 1.58. The van der Waals surface area contributed by atoms with Gasteiger partial charge in [-0.25, -0.2) is 4.79 Å². The smallest absolute Gasteiger partial charge is 0.322 e. The van der Waals surface area contributed by atoms with Gasteiger partial charge in [0.1, 0.15) is 5.54 Å². The Morgan fingerprint density at radius 2 is 2.10 bits per heavy atom. The lowest BCUT2D eigenvalue weighted by Gasteiger charge is -2.35. The SMILES string of the molecule is Cc1cccc([C@@H]2NC(=O)N(C)C3=C2C(=O)N(C(C)(C)C(=O)NC[C@H]2CCCO2)C3)c1. The molecule has 3 aliphatic heterocycles. The molecular weight excluding hydrogens is 396 g/mol. The molecule has 0 aliphatic carbocycles. The maximum atomic E-state index is 13.6. The van der Waals surface area contributed by atoms with Gasteiger partial charge >= 0.3 is 6.03 Å². The van der Waals surface area contributed by atoms with Crippen LogP contribution in [-0.2, 0) is 14.3 Å². The second kappa shape index (κ2) is 8.00. The van der Waals surface area contributed by atoms with Crippen molar-refractivity contribution in [3.05, 3.63) is 46.7 Å². The van der Waals surface area contributed by atoms with E-state index in [2.05, 4.69) is 10.6 Å². The zero-order valence-corrected chi connectivity index (χ0v) is 18.5. The van der Waals surface area contributed by atoms with Crippen molar-refractivity contribution in [3.8, 4) is 0 Å². The summed E-state index contributed by atoms with van der Waals surface area (Å²) in [5.41, 5.74) is 1.98. The summed E-state index contributed by atoms with van der Waals surface area (Å²) >= 11 is 0. The lowest BCUT2D eigenvalue weighted by Crippen LogP contribution is -2.57. The summed E-state index contributed by atoms with van der Waals surface area (Å²) in [6.07, 6.45) is 1.95. The van der Waals surface area contributed by atoms with Crippen molar-refractivity contribution in [1.82, 2.24) is 20.4 Å². The summed E-state index contributed by atoms with van der Waals surface area (Å²) < 4.78 is 5.58. The number of likely N-dealkylation sites (N-methyl/N-ethyl adjacent to an activating group) is 1. The number of aryl methyl sites for hydroxylation is 1. The number of nitrogens with zero attached hydrogens (tertiary/aromatic N) is 2. The van der Waals surface area contributed by atoms with Crippen molar-refractivity contribution in [1.29, 1.82) is 0 Å². The minimum atomic E-state index is -1.08. The summed E-state index contributed by atoms with van der Waals surface area (Å²) in [5, 5.41) is 5.88. The summed E-state index contributed by atoms with van der Waals surface area (Å²) in [4.78, 5) is 42.2. The van der Waals surface area contributed by atoms with E-state index in [1.54, 1.807) is 25.8 Å². The van der Waals surface area contributed by atoms with Crippen molar-refractivity contribution in [2.75, 3.05) is 26.7 Å². The maximum Gasteiger partial charge on any atom is 0.322 e. The number of benzene rings is 1. The molecule has 1 saturated heterocycles. The number of ether oxygens (including phenoxy) is 1. The third-order valence-electron chi connectivity index (χ3n) is 6.48. The van der Waals surface area contributed by atoms with E-state index >= 15 is 0 Å². The summed E-state index contributed by atoms with van der Waals surface area (Å²) in [5.74, 6) is -0.462. The van der Waals surface area contributed by atoms with E-state index in [-0.39, 0.29) is 30.5 Å². The van der Waals surface area contributed by atoms with Gasteiger partial charge in [0.15, 0.2) is 0 Å². The van der Waals surface area contributed by atoms with Crippen LogP contribution in [0.2, 0.25) is 0 Å². The zero-order chi connectivity index (χ0) is 22.3. The van der Waals surface area contributed by atoms with Crippen molar-refractivity contribution in [3.63, 3.8) is 0 Å². The number of rotatable bonds is 5. The second-order valence-corrected chi connectivity index (χ2v) is 9.01. The highest BCUT2D eigenvalue weighted by molar-refractivity contribution is 6.04. The first-order valence-electron chi connectivity index (χ1n) is 10.8. The van der Waals surface area contributed by atoms with E-state index in [0.29, 0.717) is 17.8 Å².